The van der Waals surface area contributed by atoms with Crippen LogP contribution in [-0.2, 0) is 4.74 Å². The van der Waals surface area contributed by atoms with Crippen molar-refractivity contribution < 1.29 is 28.1 Å². The first-order valence-electron chi connectivity index (χ1n) is 11.1. The minimum Gasteiger partial charge on any atom is -0.481 e. The minimum absolute atomic E-state index is 0.0841. The number of ether oxygens (including phenoxy) is 3. The van der Waals surface area contributed by atoms with Crippen molar-refractivity contribution in [2.45, 2.75) is 6.92 Å². The molecule has 1 aliphatic rings. The van der Waals surface area contributed by atoms with Crippen molar-refractivity contribution in [3.63, 3.8) is 0 Å². The number of H-pyrrole nitrogens is 1. The van der Waals surface area contributed by atoms with E-state index in [1.807, 2.05) is 13.0 Å². The third-order valence-electron chi connectivity index (χ3n) is 5.80. The van der Waals surface area contributed by atoms with Gasteiger partial charge in [-0.25, -0.2) is 23.7 Å². The lowest BCUT2D eigenvalue weighted by Crippen LogP contribution is -2.38. The molecular formula is C25H23F2N5O4. The highest BCUT2D eigenvalue weighted by atomic mass is 19.1. The van der Waals surface area contributed by atoms with Crippen LogP contribution in [0.2, 0.25) is 0 Å². The topological polar surface area (TPSA) is 114 Å². The summed E-state index contributed by atoms with van der Waals surface area (Å²) in [5.41, 5.74) is 1.54. The van der Waals surface area contributed by atoms with Crippen LogP contribution in [0.5, 0.6) is 17.4 Å². The van der Waals surface area contributed by atoms with Gasteiger partial charge in [-0.15, -0.1) is 0 Å². The van der Waals surface area contributed by atoms with Crippen molar-refractivity contribution in [3.8, 4) is 28.5 Å². The van der Waals surface area contributed by atoms with Crippen LogP contribution in [0.15, 0.2) is 53.9 Å². The van der Waals surface area contributed by atoms with E-state index in [0.717, 1.165) is 17.7 Å². The number of nitrogens with zero attached hydrogens (tertiary/aromatic N) is 3. The SMILES string of the molecule is COc1ccc(-c2c[nH]c3nccc(Oc4c(F)cc(NC5=NC[C@](C)(CO)CO5)cc4F)c23)cn1. The van der Waals surface area contributed by atoms with Crippen LogP contribution < -0.4 is 14.8 Å². The third kappa shape index (κ3) is 4.52. The van der Waals surface area contributed by atoms with Gasteiger partial charge in [0, 0.05) is 59.0 Å². The highest BCUT2D eigenvalue weighted by Crippen LogP contribution is 2.38. The van der Waals surface area contributed by atoms with Gasteiger partial charge in [-0.1, -0.05) is 6.92 Å². The van der Waals surface area contributed by atoms with Gasteiger partial charge in [0.2, 0.25) is 5.88 Å². The third-order valence-corrected chi connectivity index (χ3v) is 5.80. The van der Waals surface area contributed by atoms with Gasteiger partial charge in [0.25, 0.3) is 6.02 Å². The van der Waals surface area contributed by atoms with Crippen molar-refractivity contribution in [1.82, 2.24) is 15.0 Å². The number of methoxy groups -OCH3 is 1. The number of anilines is 1. The normalized spacial score (nSPS) is 17.4. The summed E-state index contributed by atoms with van der Waals surface area (Å²) in [5, 5.41) is 12.7. The number of rotatable bonds is 6. The molecule has 0 amide bonds. The summed E-state index contributed by atoms with van der Waals surface area (Å²) in [6.45, 7) is 2.29. The van der Waals surface area contributed by atoms with E-state index in [4.69, 9.17) is 14.2 Å². The molecule has 3 aromatic heterocycles. The Morgan fingerprint density at radius 1 is 1.19 bits per heavy atom. The van der Waals surface area contributed by atoms with Gasteiger partial charge in [0.15, 0.2) is 17.4 Å². The van der Waals surface area contributed by atoms with Crippen LogP contribution in [0.4, 0.5) is 14.5 Å². The lowest BCUT2D eigenvalue weighted by Gasteiger charge is -2.30. The number of pyridine rings is 2. The quantitative estimate of drug-likeness (QED) is 0.361. The van der Waals surface area contributed by atoms with E-state index in [1.165, 1.54) is 19.4 Å². The monoisotopic (exact) mass is 495 g/mol. The van der Waals surface area contributed by atoms with Gasteiger partial charge >= 0.3 is 0 Å². The molecule has 0 saturated carbocycles. The average Bonchev–Trinajstić information content (AvgIpc) is 3.33. The molecule has 9 nitrogen and oxygen atoms in total. The number of aliphatic hydroxyl groups is 1. The lowest BCUT2D eigenvalue weighted by atomic mass is 9.93. The fourth-order valence-corrected chi connectivity index (χ4v) is 3.73. The summed E-state index contributed by atoms with van der Waals surface area (Å²) < 4.78 is 46.3. The fourth-order valence-electron chi connectivity index (χ4n) is 3.73. The number of fused-ring (bicyclic) bond motifs is 1. The molecule has 11 heteroatoms. The Hall–Kier alpha value is -4.25. The van der Waals surface area contributed by atoms with E-state index in [2.05, 4.69) is 25.3 Å². The van der Waals surface area contributed by atoms with E-state index in [-0.39, 0.29) is 30.7 Å². The molecule has 0 radical (unpaired) electrons. The van der Waals surface area contributed by atoms with Crippen molar-refractivity contribution in [2.75, 3.05) is 32.2 Å². The van der Waals surface area contributed by atoms with E-state index in [9.17, 15) is 13.9 Å². The second-order valence-corrected chi connectivity index (χ2v) is 8.70. The second-order valence-electron chi connectivity index (χ2n) is 8.70. The van der Waals surface area contributed by atoms with Crippen LogP contribution in [0.1, 0.15) is 6.92 Å². The minimum atomic E-state index is -0.915. The standard InChI is InChI=1S/C25H23F2N5O4/c1-25(12-33)11-31-24(35-13-25)32-15-7-17(26)22(18(27)8-15)36-19-5-6-28-23-21(19)16(10-30-23)14-3-4-20(34-2)29-9-14/h3-10,33H,11-13H2,1-2H3,(H,28,30)(H,31,32)/t25-/m1/s1. The van der Waals surface area contributed by atoms with Crippen molar-refractivity contribution >= 4 is 22.7 Å². The maximum absolute atomic E-state index is 15.0. The summed E-state index contributed by atoms with van der Waals surface area (Å²) in [7, 11) is 1.52. The Morgan fingerprint density at radius 3 is 2.64 bits per heavy atom. The number of aliphatic hydroxyl groups excluding tert-OH is 1. The maximum Gasteiger partial charge on any atom is 0.289 e. The first kappa shape index (κ1) is 23.5. The lowest BCUT2D eigenvalue weighted by molar-refractivity contribution is 0.0706. The Morgan fingerprint density at radius 2 is 2.00 bits per heavy atom. The molecule has 1 aliphatic heterocycles. The molecule has 0 unspecified atom stereocenters. The maximum atomic E-state index is 15.0. The summed E-state index contributed by atoms with van der Waals surface area (Å²) >= 11 is 0. The fraction of sp³-hybridized carbons (Fsp3) is 0.240. The molecule has 1 aromatic carbocycles. The molecular weight excluding hydrogens is 472 g/mol. The van der Waals surface area contributed by atoms with Crippen LogP contribution in [0.25, 0.3) is 22.2 Å². The smallest absolute Gasteiger partial charge is 0.289 e. The Balaban J connectivity index is 1.43. The van der Waals surface area contributed by atoms with Gasteiger partial charge < -0.3 is 29.6 Å². The van der Waals surface area contributed by atoms with Gasteiger partial charge in [-0.05, 0) is 12.1 Å². The van der Waals surface area contributed by atoms with Crippen LogP contribution in [0, 0.1) is 17.0 Å². The molecule has 1 atom stereocenters. The van der Waals surface area contributed by atoms with Gasteiger partial charge in [0.1, 0.15) is 18.0 Å². The summed E-state index contributed by atoms with van der Waals surface area (Å²) in [4.78, 5) is 15.7. The Bertz CT molecular complexity index is 1420. The number of aromatic nitrogens is 3. The second kappa shape index (κ2) is 9.42. The number of nitrogens with one attached hydrogen (secondary N) is 2. The number of aliphatic imine (C=N–C) groups is 1. The van der Waals surface area contributed by atoms with E-state index in [1.54, 1.807) is 18.5 Å². The molecule has 0 bridgehead atoms. The van der Waals surface area contributed by atoms with E-state index < -0.39 is 22.8 Å². The summed E-state index contributed by atoms with van der Waals surface area (Å²) in [6.07, 6.45) is 4.83. The summed E-state index contributed by atoms with van der Waals surface area (Å²) in [5.74, 6) is -1.72. The van der Waals surface area contributed by atoms with Crippen molar-refractivity contribution in [2.24, 2.45) is 10.4 Å². The zero-order valence-corrected chi connectivity index (χ0v) is 19.5. The zero-order chi connectivity index (χ0) is 25.3. The predicted molar refractivity (Wildman–Crippen MR) is 129 cm³/mol. The predicted octanol–water partition coefficient (Wildman–Crippen LogP) is 4.50. The number of benzene rings is 1. The number of amidine groups is 1. The average molecular weight is 495 g/mol. The molecule has 0 saturated heterocycles. The van der Waals surface area contributed by atoms with E-state index in [0.29, 0.717) is 29.0 Å². The van der Waals surface area contributed by atoms with Crippen LogP contribution in [0.3, 0.4) is 0 Å². The summed E-state index contributed by atoms with van der Waals surface area (Å²) in [6, 6.07) is 7.35. The highest BCUT2D eigenvalue weighted by molar-refractivity contribution is 5.98. The highest BCUT2D eigenvalue weighted by Gasteiger charge is 2.29. The Labute approximate surface area is 204 Å². The number of halogens is 2. The first-order chi connectivity index (χ1) is 17.4. The van der Waals surface area contributed by atoms with Gasteiger partial charge in [-0.2, -0.15) is 0 Å². The molecule has 3 N–H and O–H groups in total. The largest absolute Gasteiger partial charge is 0.481 e. The molecule has 0 spiro atoms. The van der Waals surface area contributed by atoms with Gasteiger partial charge in [0.05, 0.1) is 25.6 Å². The van der Waals surface area contributed by atoms with Crippen LogP contribution >= 0.6 is 0 Å². The first-order valence-corrected chi connectivity index (χ1v) is 11.1. The molecule has 5 rings (SSSR count). The molecule has 36 heavy (non-hydrogen) atoms. The van der Waals surface area contributed by atoms with Crippen LogP contribution in [-0.4, -0.2) is 52.9 Å². The van der Waals surface area contributed by atoms with Gasteiger partial charge in [-0.3, -0.25) is 0 Å². The molecule has 186 valence electrons. The van der Waals surface area contributed by atoms with Crippen molar-refractivity contribution in [3.05, 3.63) is 60.6 Å². The number of aromatic amines is 1. The number of hydrogen-bond acceptors (Lipinski definition) is 8. The molecule has 4 aromatic rings. The molecule has 0 aliphatic carbocycles. The molecule has 0 fully saturated rings. The number of hydrogen-bond donors (Lipinski definition) is 3. The Kier molecular flexibility index (Phi) is 6.15. The zero-order valence-electron chi connectivity index (χ0n) is 19.5. The molecule has 4 heterocycles. The van der Waals surface area contributed by atoms with Crippen molar-refractivity contribution in [1.29, 1.82) is 0 Å². The van der Waals surface area contributed by atoms with E-state index >= 15 is 0 Å².